The van der Waals surface area contributed by atoms with Crippen LogP contribution in [0.25, 0.3) is 33.6 Å². The van der Waals surface area contributed by atoms with E-state index in [4.69, 9.17) is 9.72 Å². The quantitative estimate of drug-likeness (QED) is 0.300. The summed E-state index contributed by atoms with van der Waals surface area (Å²) in [7, 11) is 0. The SMILES string of the molecule is Oc1ccccc1-c1cc(-c2ccc(F)cc2)c2c(n1)-c1ccccc1OC2c1ccc(F)cc1. The zero-order valence-corrected chi connectivity index (χ0v) is 18.5. The van der Waals surface area contributed by atoms with Crippen LogP contribution in [-0.4, -0.2) is 10.1 Å². The first-order valence-electron chi connectivity index (χ1n) is 11.2. The van der Waals surface area contributed by atoms with Gasteiger partial charge in [-0.3, -0.25) is 0 Å². The second-order valence-electron chi connectivity index (χ2n) is 8.39. The summed E-state index contributed by atoms with van der Waals surface area (Å²) < 4.78 is 34.0. The Bertz CT molecular complexity index is 1550. The van der Waals surface area contributed by atoms with Crippen molar-refractivity contribution in [1.82, 2.24) is 4.98 Å². The monoisotopic (exact) mass is 463 g/mol. The van der Waals surface area contributed by atoms with Crippen LogP contribution in [0.4, 0.5) is 8.78 Å². The van der Waals surface area contributed by atoms with Gasteiger partial charge in [0.25, 0.3) is 0 Å². The number of aromatic hydroxyl groups is 1. The van der Waals surface area contributed by atoms with E-state index in [-0.39, 0.29) is 17.4 Å². The number of para-hydroxylation sites is 2. The number of fused-ring (bicyclic) bond motifs is 3. The lowest BCUT2D eigenvalue weighted by Crippen LogP contribution is -2.18. The molecule has 5 heteroatoms. The van der Waals surface area contributed by atoms with E-state index in [2.05, 4.69) is 0 Å². The van der Waals surface area contributed by atoms with Crippen LogP contribution in [0.15, 0.2) is 103 Å². The van der Waals surface area contributed by atoms with Gasteiger partial charge < -0.3 is 9.84 Å². The Morgan fingerprint density at radius 3 is 2.03 bits per heavy atom. The van der Waals surface area contributed by atoms with Gasteiger partial charge in [0.15, 0.2) is 6.10 Å². The van der Waals surface area contributed by atoms with Crippen molar-refractivity contribution in [3.63, 3.8) is 0 Å². The number of pyridine rings is 1. The molecule has 6 rings (SSSR count). The third kappa shape index (κ3) is 3.71. The van der Waals surface area contributed by atoms with Crippen molar-refractivity contribution < 1.29 is 18.6 Å². The van der Waals surface area contributed by atoms with Gasteiger partial charge in [-0.15, -0.1) is 0 Å². The number of nitrogens with zero attached hydrogens (tertiary/aromatic N) is 1. The van der Waals surface area contributed by atoms with Gasteiger partial charge in [0.2, 0.25) is 0 Å². The number of benzene rings is 4. The largest absolute Gasteiger partial charge is 0.507 e. The average Bonchev–Trinajstić information content (AvgIpc) is 2.89. The van der Waals surface area contributed by atoms with Crippen LogP contribution in [-0.2, 0) is 0 Å². The van der Waals surface area contributed by atoms with Gasteiger partial charge >= 0.3 is 0 Å². The van der Waals surface area contributed by atoms with Crippen LogP contribution in [0.3, 0.4) is 0 Å². The number of phenolic OH excluding ortho intramolecular Hbond substituents is 1. The van der Waals surface area contributed by atoms with Crippen LogP contribution >= 0.6 is 0 Å². The normalized spacial score (nSPS) is 14.1. The van der Waals surface area contributed by atoms with Gasteiger partial charge in [0, 0.05) is 16.7 Å². The molecule has 1 aliphatic heterocycles. The summed E-state index contributed by atoms with van der Waals surface area (Å²) in [5.74, 6) is 0.0907. The Balaban J connectivity index is 1.69. The molecule has 4 aromatic carbocycles. The molecule has 1 atom stereocenters. The topological polar surface area (TPSA) is 42.4 Å². The third-order valence-corrected chi connectivity index (χ3v) is 6.22. The molecule has 3 nitrogen and oxygen atoms in total. The third-order valence-electron chi connectivity index (χ3n) is 6.22. The van der Waals surface area contributed by atoms with Gasteiger partial charge in [0.05, 0.1) is 11.4 Å². The Hall–Kier alpha value is -4.51. The highest BCUT2D eigenvalue weighted by molar-refractivity contribution is 5.86. The molecule has 1 unspecified atom stereocenters. The molecule has 0 radical (unpaired) electrons. The van der Waals surface area contributed by atoms with Gasteiger partial charge in [-0.25, -0.2) is 13.8 Å². The number of hydrogen-bond acceptors (Lipinski definition) is 3. The predicted molar refractivity (Wildman–Crippen MR) is 131 cm³/mol. The number of halogens is 2. The molecule has 2 heterocycles. The molecular formula is C30H19F2NO2. The number of ether oxygens (including phenoxy) is 1. The Kier molecular flexibility index (Phi) is 5.03. The second-order valence-corrected chi connectivity index (χ2v) is 8.39. The van der Waals surface area contributed by atoms with E-state index in [0.29, 0.717) is 22.7 Å². The second kappa shape index (κ2) is 8.37. The molecule has 1 aliphatic rings. The number of rotatable bonds is 3. The van der Waals surface area contributed by atoms with Crippen molar-refractivity contribution >= 4 is 0 Å². The maximum atomic E-state index is 13.8. The van der Waals surface area contributed by atoms with E-state index in [1.807, 2.05) is 36.4 Å². The summed E-state index contributed by atoms with van der Waals surface area (Å²) in [6.45, 7) is 0. The summed E-state index contributed by atoms with van der Waals surface area (Å²) in [4.78, 5) is 4.99. The summed E-state index contributed by atoms with van der Waals surface area (Å²) in [5.41, 5.74) is 5.79. The van der Waals surface area contributed by atoms with Gasteiger partial charge in [-0.05, 0) is 71.3 Å². The molecule has 0 saturated heterocycles. The molecule has 1 N–H and O–H groups in total. The van der Waals surface area contributed by atoms with Crippen LogP contribution < -0.4 is 4.74 Å². The maximum Gasteiger partial charge on any atom is 0.152 e. The minimum absolute atomic E-state index is 0.112. The minimum atomic E-state index is -0.563. The van der Waals surface area contributed by atoms with Crippen molar-refractivity contribution in [2.24, 2.45) is 0 Å². The first-order valence-corrected chi connectivity index (χ1v) is 11.2. The van der Waals surface area contributed by atoms with Crippen LogP contribution in [0.5, 0.6) is 11.5 Å². The average molecular weight is 463 g/mol. The van der Waals surface area contributed by atoms with Crippen molar-refractivity contribution in [3.8, 4) is 45.1 Å². The molecule has 0 spiro atoms. The van der Waals surface area contributed by atoms with E-state index in [0.717, 1.165) is 27.8 Å². The fraction of sp³-hybridized carbons (Fsp3) is 0.0333. The highest BCUT2D eigenvalue weighted by Crippen LogP contribution is 2.49. The van der Waals surface area contributed by atoms with E-state index in [1.165, 1.54) is 24.3 Å². The van der Waals surface area contributed by atoms with Gasteiger partial charge in [-0.1, -0.05) is 48.5 Å². The standard InChI is InChI=1S/C30H19F2NO2/c31-20-13-9-18(10-14-20)24-17-25(22-5-1-3-7-26(22)34)33-29-23-6-2-4-8-27(23)35-30(28(24)29)19-11-15-21(32)16-12-19/h1-17,30,34H. The molecule has 0 amide bonds. The Labute approximate surface area is 200 Å². The van der Waals surface area contributed by atoms with E-state index in [9.17, 15) is 13.9 Å². The summed E-state index contributed by atoms with van der Waals surface area (Å²) in [6, 6.07) is 29.0. The highest BCUT2D eigenvalue weighted by Gasteiger charge is 2.32. The van der Waals surface area contributed by atoms with Crippen molar-refractivity contribution in [2.45, 2.75) is 6.10 Å². The minimum Gasteiger partial charge on any atom is -0.507 e. The predicted octanol–water partition coefficient (Wildman–Crippen LogP) is 7.55. The fourth-order valence-corrected chi connectivity index (χ4v) is 4.55. The van der Waals surface area contributed by atoms with Crippen LogP contribution in [0, 0.1) is 11.6 Å². The van der Waals surface area contributed by atoms with E-state index in [1.54, 1.807) is 42.5 Å². The molecule has 0 saturated carbocycles. The fourth-order valence-electron chi connectivity index (χ4n) is 4.55. The highest BCUT2D eigenvalue weighted by atomic mass is 19.1. The lowest BCUT2D eigenvalue weighted by atomic mass is 9.86. The van der Waals surface area contributed by atoms with E-state index >= 15 is 0 Å². The first kappa shape index (κ1) is 21.1. The van der Waals surface area contributed by atoms with Crippen LogP contribution in [0.2, 0.25) is 0 Å². The lowest BCUT2D eigenvalue weighted by Gasteiger charge is -2.31. The van der Waals surface area contributed by atoms with Gasteiger partial charge in [0.1, 0.15) is 23.1 Å². The van der Waals surface area contributed by atoms with Crippen molar-refractivity contribution in [2.75, 3.05) is 0 Å². The number of phenols is 1. The smallest absolute Gasteiger partial charge is 0.152 e. The molecule has 0 fully saturated rings. The lowest BCUT2D eigenvalue weighted by molar-refractivity contribution is 0.243. The molecule has 5 aromatic rings. The van der Waals surface area contributed by atoms with E-state index < -0.39 is 6.10 Å². The van der Waals surface area contributed by atoms with Crippen molar-refractivity contribution in [1.29, 1.82) is 0 Å². The molecule has 0 bridgehead atoms. The van der Waals surface area contributed by atoms with Gasteiger partial charge in [-0.2, -0.15) is 0 Å². The molecule has 0 aliphatic carbocycles. The van der Waals surface area contributed by atoms with Crippen LogP contribution in [0.1, 0.15) is 17.2 Å². The maximum absolute atomic E-state index is 13.8. The summed E-state index contributed by atoms with van der Waals surface area (Å²) >= 11 is 0. The van der Waals surface area contributed by atoms with Crippen molar-refractivity contribution in [3.05, 3.63) is 126 Å². The summed E-state index contributed by atoms with van der Waals surface area (Å²) in [5, 5.41) is 10.6. The number of hydrogen-bond donors (Lipinski definition) is 1. The molecule has 170 valence electrons. The molecular weight excluding hydrogens is 444 g/mol. The zero-order chi connectivity index (χ0) is 23.9. The summed E-state index contributed by atoms with van der Waals surface area (Å²) in [6.07, 6.45) is -0.563. The number of aromatic nitrogens is 1. The Morgan fingerprint density at radius 1 is 0.686 bits per heavy atom. The molecule has 1 aromatic heterocycles. The first-order chi connectivity index (χ1) is 17.1. The Morgan fingerprint density at radius 2 is 1.31 bits per heavy atom. The zero-order valence-electron chi connectivity index (χ0n) is 18.5. The molecule has 35 heavy (non-hydrogen) atoms.